The second-order valence-electron chi connectivity index (χ2n) is 5.00. The Labute approximate surface area is 86.6 Å². The van der Waals surface area contributed by atoms with Crippen LogP contribution in [0.25, 0.3) is 0 Å². The van der Waals surface area contributed by atoms with Crippen LogP contribution < -0.4 is 5.73 Å². The van der Waals surface area contributed by atoms with Crippen molar-refractivity contribution in [1.29, 1.82) is 0 Å². The number of rotatable bonds is 3. The molecule has 0 aromatic heterocycles. The molecule has 14 heavy (non-hydrogen) atoms. The maximum absolute atomic E-state index is 6.35. The fraction of sp³-hybridized carbons (Fsp3) is 1.00. The summed E-state index contributed by atoms with van der Waals surface area (Å²) in [6.07, 6.45) is 6.19. The molecule has 0 spiro atoms. The van der Waals surface area contributed by atoms with E-state index in [9.17, 15) is 0 Å². The van der Waals surface area contributed by atoms with Gasteiger partial charge in [-0.3, -0.25) is 4.90 Å². The summed E-state index contributed by atoms with van der Waals surface area (Å²) in [5, 5.41) is 0. The fourth-order valence-electron chi connectivity index (χ4n) is 2.73. The van der Waals surface area contributed by atoms with Gasteiger partial charge in [-0.25, -0.2) is 0 Å². The van der Waals surface area contributed by atoms with E-state index >= 15 is 0 Å². The number of likely N-dealkylation sites (N-methyl/N-ethyl adjacent to an activating group) is 1. The molecule has 1 heterocycles. The lowest BCUT2D eigenvalue weighted by molar-refractivity contribution is 0.143. The normalized spacial score (nSPS) is 31.5. The molecule has 0 aromatic carbocycles. The Bertz CT molecular complexity index is 184. The standard InChI is InChI=1S/C11H22N2O/c1-13(10-4-7-14-8-10)9-11(12)5-2-3-6-11/h10H,2-9,12H2,1H3. The Balaban J connectivity index is 1.83. The number of nitrogens with two attached hydrogens (primary N) is 1. The van der Waals surface area contributed by atoms with Gasteiger partial charge in [-0.05, 0) is 26.3 Å². The van der Waals surface area contributed by atoms with Crippen molar-refractivity contribution in [2.75, 3.05) is 26.8 Å². The Kier molecular flexibility index (Phi) is 3.10. The second-order valence-corrected chi connectivity index (χ2v) is 5.00. The van der Waals surface area contributed by atoms with Crippen molar-refractivity contribution in [2.45, 2.75) is 43.7 Å². The van der Waals surface area contributed by atoms with E-state index in [2.05, 4.69) is 11.9 Å². The lowest BCUT2D eigenvalue weighted by Gasteiger charge is -2.32. The number of nitrogens with zero attached hydrogens (tertiary/aromatic N) is 1. The minimum Gasteiger partial charge on any atom is -0.380 e. The first-order valence-electron chi connectivity index (χ1n) is 5.76. The summed E-state index contributed by atoms with van der Waals surface area (Å²) < 4.78 is 5.39. The van der Waals surface area contributed by atoms with E-state index in [0.717, 1.165) is 19.8 Å². The Hall–Kier alpha value is -0.120. The van der Waals surface area contributed by atoms with Gasteiger partial charge in [0.05, 0.1) is 6.61 Å². The molecule has 2 rings (SSSR count). The maximum atomic E-state index is 6.35. The van der Waals surface area contributed by atoms with E-state index in [1.807, 2.05) is 0 Å². The van der Waals surface area contributed by atoms with Gasteiger partial charge in [-0.1, -0.05) is 12.8 Å². The van der Waals surface area contributed by atoms with Crippen LogP contribution in [-0.4, -0.2) is 43.3 Å². The summed E-state index contributed by atoms with van der Waals surface area (Å²) in [4.78, 5) is 2.40. The first kappa shape index (κ1) is 10.4. The third-order valence-corrected chi connectivity index (χ3v) is 3.69. The number of ether oxygens (including phenoxy) is 1. The monoisotopic (exact) mass is 198 g/mol. The Morgan fingerprint density at radius 1 is 1.43 bits per heavy atom. The SMILES string of the molecule is CN(CC1(N)CCCC1)C1CCOC1. The summed E-state index contributed by atoms with van der Waals surface area (Å²) in [7, 11) is 2.19. The molecule has 2 fully saturated rings. The van der Waals surface area contributed by atoms with Crippen molar-refractivity contribution < 1.29 is 4.74 Å². The molecular formula is C11H22N2O. The van der Waals surface area contributed by atoms with Crippen molar-refractivity contribution in [3.05, 3.63) is 0 Å². The van der Waals surface area contributed by atoms with Crippen LogP contribution in [0.5, 0.6) is 0 Å². The molecule has 1 saturated heterocycles. The van der Waals surface area contributed by atoms with E-state index in [0.29, 0.717) is 6.04 Å². The molecule has 2 N–H and O–H groups in total. The van der Waals surface area contributed by atoms with Gasteiger partial charge in [0.1, 0.15) is 0 Å². The van der Waals surface area contributed by atoms with Crippen LogP contribution in [0.15, 0.2) is 0 Å². The van der Waals surface area contributed by atoms with E-state index in [1.54, 1.807) is 0 Å². The van der Waals surface area contributed by atoms with Crippen LogP contribution in [0.3, 0.4) is 0 Å². The molecule has 1 aliphatic heterocycles. The van der Waals surface area contributed by atoms with Crippen molar-refractivity contribution in [1.82, 2.24) is 4.90 Å². The first-order chi connectivity index (χ1) is 6.70. The highest BCUT2D eigenvalue weighted by Crippen LogP contribution is 2.28. The molecule has 1 saturated carbocycles. The molecule has 3 heteroatoms. The smallest absolute Gasteiger partial charge is 0.0622 e. The second kappa shape index (κ2) is 4.17. The van der Waals surface area contributed by atoms with Gasteiger partial charge in [-0.2, -0.15) is 0 Å². The highest BCUT2D eigenvalue weighted by molar-refractivity contribution is 4.93. The highest BCUT2D eigenvalue weighted by atomic mass is 16.5. The molecule has 1 atom stereocenters. The number of hydrogen-bond donors (Lipinski definition) is 1. The van der Waals surface area contributed by atoms with Crippen LogP contribution >= 0.6 is 0 Å². The zero-order valence-corrected chi connectivity index (χ0v) is 9.17. The van der Waals surface area contributed by atoms with Crippen LogP contribution in [-0.2, 0) is 4.74 Å². The van der Waals surface area contributed by atoms with Crippen LogP contribution in [0, 0.1) is 0 Å². The van der Waals surface area contributed by atoms with E-state index in [-0.39, 0.29) is 5.54 Å². The van der Waals surface area contributed by atoms with Crippen molar-refractivity contribution in [3.63, 3.8) is 0 Å². The van der Waals surface area contributed by atoms with Gasteiger partial charge in [0.15, 0.2) is 0 Å². The minimum atomic E-state index is 0.0946. The van der Waals surface area contributed by atoms with Crippen molar-refractivity contribution >= 4 is 0 Å². The lowest BCUT2D eigenvalue weighted by Crippen LogP contribution is -2.49. The third kappa shape index (κ3) is 2.27. The maximum Gasteiger partial charge on any atom is 0.0622 e. The summed E-state index contributed by atoms with van der Waals surface area (Å²) in [5.74, 6) is 0. The molecule has 0 aromatic rings. The first-order valence-corrected chi connectivity index (χ1v) is 5.76. The van der Waals surface area contributed by atoms with Crippen LogP contribution in [0.1, 0.15) is 32.1 Å². The Morgan fingerprint density at radius 3 is 2.71 bits per heavy atom. The average molecular weight is 198 g/mol. The zero-order chi connectivity index (χ0) is 10.0. The zero-order valence-electron chi connectivity index (χ0n) is 9.17. The van der Waals surface area contributed by atoms with Gasteiger partial charge in [0.25, 0.3) is 0 Å². The molecule has 0 bridgehead atoms. The molecule has 82 valence electrons. The van der Waals surface area contributed by atoms with E-state index < -0.39 is 0 Å². The quantitative estimate of drug-likeness (QED) is 0.734. The summed E-state index contributed by atoms with van der Waals surface area (Å²) in [6, 6.07) is 0.607. The minimum absolute atomic E-state index is 0.0946. The van der Waals surface area contributed by atoms with Gasteiger partial charge in [-0.15, -0.1) is 0 Å². The van der Waals surface area contributed by atoms with Crippen LogP contribution in [0.4, 0.5) is 0 Å². The molecule has 1 unspecified atom stereocenters. The molecule has 0 radical (unpaired) electrons. The average Bonchev–Trinajstić information content (AvgIpc) is 2.74. The highest BCUT2D eigenvalue weighted by Gasteiger charge is 2.32. The van der Waals surface area contributed by atoms with E-state index in [4.69, 9.17) is 10.5 Å². The molecular weight excluding hydrogens is 176 g/mol. The molecule has 3 nitrogen and oxygen atoms in total. The van der Waals surface area contributed by atoms with E-state index in [1.165, 1.54) is 32.1 Å². The predicted octanol–water partition coefficient (Wildman–Crippen LogP) is 0.979. The molecule has 1 aliphatic carbocycles. The van der Waals surface area contributed by atoms with Crippen molar-refractivity contribution in [2.24, 2.45) is 5.73 Å². The van der Waals surface area contributed by atoms with Gasteiger partial charge in [0, 0.05) is 24.7 Å². The molecule has 2 aliphatic rings. The van der Waals surface area contributed by atoms with Crippen LogP contribution in [0.2, 0.25) is 0 Å². The third-order valence-electron chi connectivity index (χ3n) is 3.69. The lowest BCUT2D eigenvalue weighted by atomic mass is 9.98. The predicted molar refractivity (Wildman–Crippen MR) is 57.2 cm³/mol. The van der Waals surface area contributed by atoms with Crippen molar-refractivity contribution in [3.8, 4) is 0 Å². The topological polar surface area (TPSA) is 38.5 Å². The summed E-state index contributed by atoms with van der Waals surface area (Å²) in [6.45, 7) is 2.86. The Morgan fingerprint density at radius 2 is 2.14 bits per heavy atom. The largest absolute Gasteiger partial charge is 0.380 e. The van der Waals surface area contributed by atoms with Gasteiger partial charge >= 0.3 is 0 Å². The summed E-state index contributed by atoms with van der Waals surface area (Å²) >= 11 is 0. The molecule has 0 amide bonds. The van der Waals surface area contributed by atoms with Gasteiger partial charge < -0.3 is 10.5 Å². The number of hydrogen-bond acceptors (Lipinski definition) is 3. The summed E-state index contributed by atoms with van der Waals surface area (Å²) in [5.41, 5.74) is 6.44. The fourth-order valence-corrected chi connectivity index (χ4v) is 2.73. The van der Waals surface area contributed by atoms with Gasteiger partial charge in [0.2, 0.25) is 0 Å².